The van der Waals surface area contributed by atoms with Gasteiger partial charge in [-0.2, -0.15) is 24.5 Å². The van der Waals surface area contributed by atoms with Crippen molar-refractivity contribution in [2.75, 3.05) is 5.73 Å². The average molecular weight is 620 g/mol. The van der Waals surface area contributed by atoms with Gasteiger partial charge in [-0.25, -0.2) is 23.0 Å². The summed E-state index contributed by atoms with van der Waals surface area (Å²) in [5.74, 6) is 0.132. The number of aliphatic imine (C=N–C) groups is 1. The maximum atomic E-state index is 14.3. The molecule has 4 aromatic rings. The molecule has 3 aromatic heterocycles. The van der Waals surface area contributed by atoms with Crippen molar-refractivity contribution in [2.45, 2.75) is 75.0 Å². The van der Waals surface area contributed by atoms with E-state index >= 15 is 0 Å². The summed E-state index contributed by atoms with van der Waals surface area (Å²) < 4.78 is 31.0. The minimum absolute atomic E-state index is 0.0532. The fourth-order valence-corrected chi connectivity index (χ4v) is 6.26. The second-order valence-corrected chi connectivity index (χ2v) is 14.1. The van der Waals surface area contributed by atoms with Gasteiger partial charge in [0.15, 0.2) is 17.3 Å². The van der Waals surface area contributed by atoms with Gasteiger partial charge in [0.25, 0.3) is 0 Å². The normalized spacial score (nSPS) is 14.4. The summed E-state index contributed by atoms with van der Waals surface area (Å²) >= 11 is 0. The number of nitrogens with zero attached hydrogens (tertiary/aromatic N) is 8. The van der Waals surface area contributed by atoms with Gasteiger partial charge in [0.2, 0.25) is 15.8 Å². The highest BCUT2D eigenvalue weighted by atomic mass is 32.2. The van der Waals surface area contributed by atoms with E-state index in [1.165, 1.54) is 16.8 Å². The summed E-state index contributed by atoms with van der Waals surface area (Å²) in [5.41, 5.74) is 4.15. The van der Waals surface area contributed by atoms with Crippen LogP contribution in [-0.2, 0) is 20.7 Å². The summed E-state index contributed by atoms with van der Waals surface area (Å²) in [5, 5.41) is 18.2. The fraction of sp³-hybridized carbons (Fsp3) is 0.357. The second kappa shape index (κ2) is 10.9. The maximum Gasteiger partial charge on any atom is 0.352 e. The molecule has 0 radical (unpaired) electrons. The molecule has 0 fully saturated rings. The van der Waals surface area contributed by atoms with E-state index in [4.69, 9.17) is 10.8 Å². The monoisotopic (exact) mass is 619 g/mol. The molecule has 0 saturated carbocycles. The van der Waals surface area contributed by atoms with E-state index < -0.39 is 32.0 Å². The minimum Gasteiger partial charge on any atom is -0.382 e. The quantitative estimate of drug-likeness (QED) is 0.279. The van der Waals surface area contributed by atoms with Crippen LogP contribution in [0.2, 0.25) is 0 Å². The molecule has 4 heterocycles. The maximum absolute atomic E-state index is 14.3. The molecule has 4 N–H and O–H groups in total. The average Bonchev–Trinajstić information content (AvgIpc) is 3.51. The van der Waals surface area contributed by atoms with E-state index in [9.17, 15) is 18.0 Å². The zero-order valence-corrected chi connectivity index (χ0v) is 26.0. The molecular weight excluding hydrogens is 586 g/mol. The van der Waals surface area contributed by atoms with E-state index in [0.29, 0.717) is 24.4 Å². The van der Waals surface area contributed by atoms with Crippen LogP contribution in [0.15, 0.2) is 77.2 Å². The number of nitrogens with two attached hydrogens (primary N) is 1. The van der Waals surface area contributed by atoms with Crippen LogP contribution in [0, 0.1) is 0 Å². The Morgan fingerprint density at radius 1 is 0.909 bits per heavy atom. The molecule has 0 unspecified atom stereocenters. The van der Waals surface area contributed by atoms with Gasteiger partial charge >= 0.3 is 11.4 Å². The van der Waals surface area contributed by atoms with Crippen LogP contribution in [-0.4, -0.2) is 48.8 Å². The van der Waals surface area contributed by atoms with Gasteiger partial charge in [-0.1, -0.05) is 65.8 Å². The Bertz CT molecular complexity index is 2020. The van der Waals surface area contributed by atoms with Crippen LogP contribution < -0.4 is 17.1 Å². The van der Waals surface area contributed by atoms with Gasteiger partial charge in [0.05, 0.1) is 16.3 Å². The molecule has 0 bridgehead atoms. The molecule has 44 heavy (non-hydrogen) atoms. The number of azo groups is 1. The molecule has 0 atom stereocenters. The number of aromatic nitrogens is 7. The number of H-pyrrole nitrogens is 2. The highest BCUT2D eigenvalue weighted by Crippen LogP contribution is 2.42. The van der Waals surface area contributed by atoms with Crippen LogP contribution in [0.1, 0.15) is 65.8 Å². The number of hydrogen-bond donors (Lipinski definition) is 3. The molecule has 5 rings (SSSR count). The Morgan fingerprint density at radius 3 is 2.16 bits per heavy atom. The van der Waals surface area contributed by atoms with Crippen LogP contribution in [0.5, 0.6) is 0 Å². The molecule has 0 aliphatic carbocycles. The van der Waals surface area contributed by atoms with Gasteiger partial charge in [-0.15, -0.1) is 10.2 Å². The molecule has 1 aromatic carbocycles. The highest BCUT2D eigenvalue weighted by molar-refractivity contribution is 7.91. The fourth-order valence-electron chi connectivity index (χ4n) is 4.54. The predicted octanol–water partition coefficient (Wildman–Crippen LogP) is 3.82. The smallest absolute Gasteiger partial charge is 0.352 e. The molecule has 15 nitrogen and oxygen atoms in total. The third-order valence-corrected chi connectivity index (χ3v) is 8.47. The number of aromatic amines is 2. The Morgan fingerprint density at radius 2 is 1.57 bits per heavy atom. The van der Waals surface area contributed by atoms with Gasteiger partial charge < -0.3 is 5.73 Å². The van der Waals surface area contributed by atoms with E-state index in [1.807, 2.05) is 52.6 Å². The summed E-state index contributed by atoms with van der Waals surface area (Å²) in [4.78, 5) is 36.5. The summed E-state index contributed by atoms with van der Waals surface area (Å²) in [6.45, 7) is 11.2. The molecule has 16 heteroatoms. The molecule has 0 spiro atoms. The molecule has 230 valence electrons. The van der Waals surface area contributed by atoms with Crippen LogP contribution in [0.3, 0.4) is 0 Å². The van der Waals surface area contributed by atoms with Gasteiger partial charge in [0.1, 0.15) is 10.7 Å². The number of sulfone groups is 1. The van der Waals surface area contributed by atoms with Crippen molar-refractivity contribution >= 4 is 33.0 Å². The van der Waals surface area contributed by atoms with Gasteiger partial charge in [0, 0.05) is 23.5 Å². The Hall–Kier alpha value is -4.99. The third kappa shape index (κ3) is 5.67. The van der Waals surface area contributed by atoms with Crippen LogP contribution in [0.4, 0.5) is 17.3 Å². The first-order valence-electron chi connectivity index (χ1n) is 13.8. The first-order chi connectivity index (χ1) is 20.6. The number of rotatable bonds is 5. The number of allylic oxidation sites excluding steroid dienone is 1. The highest BCUT2D eigenvalue weighted by Gasteiger charge is 2.37. The lowest BCUT2D eigenvalue weighted by Gasteiger charge is -2.17. The zero-order chi connectivity index (χ0) is 32.0. The van der Waals surface area contributed by atoms with E-state index in [1.54, 1.807) is 24.4 Å². The second-order valence-electron chi connectivity index (χ2n) is 12.2. The van der Waals surface area contributed by atoms with Gasteiger partial charge in [-0.3, -0.25) is 9.97 Å². The largest absolute Gasteiger partial charge is 0.382 e. The van der Waals surface area contributed by atoms with Gasteiger partial charge in [-0.05, 0) is 18.6 Å². The van der Waals surface area contributed by atoms with Crippen molar-refractivity contribution in [3.05, 3.63) is 75.0 Å². The first-order valence-corrected chi connectivity index (χ1v) is 15.2. The minimum atomic E-state index is -4.15. The topological polar surface area (TPSA) is 211 Å². The van der Waals surface area contributed by atoms with Crippen molar-refractivity contribution in [3.8, 4) is 5.95 Å². The van der Waals surface area contributed by atoms with Crippen LogP contribution in [0.25, 0.3) is 5.95 Å². The van der Waals surface area contributed by atoms with Crippen molar-refractivity contribution < 1.29 is 8.42 Å². The molecular formula is C28H33N11O4S. The third-order valence-electron chi connectivity index (χ3n) is 6.66. The van der Waals surface area contributed by atoms with E-state index in [2.05, 4.69) is 30.3 Å². The molecule has 0 amide bonds. The van der Waals surface area contributed by atoms with Crippen molar-refractivity contribution in [2.24, 2.45) is 15.2 Å². The first kappa shape index (κ1) is 30.5. The zero-order valence-electron chi connectivity index (χ0n) is 25.2. The number of nitrogen functional groups attached to an aromatic ring is 1. The Labute approximate surface area is 252 Å². The number of nitrogens with one attached hydrogen (secondary N) is 2. The molecule has 0 saturated heterocycles. The summed E-state index contributed by atoms with van der Waals surface area (Å²) in [6, 6.07) is 8.03. The number of anilines is 1. The van der Waals surface area contributed by atoms with Crippen molar-refractivity contribution in [1.29, 1.82) is 0 Å². The van der Waals surface area contributed by atoms with Crippen molar-refractivity contribution in [1.82, 2.24) is 34.5 Å². The number of benzene rings is 1. The van der Waals surface area contributed by atoms with Crippen molar-refractivity contribution in [3.63, 3.8) is 0 Å². The van der Waals surface area contributed by atoms with E-state index in [0.717, 1.165) is 4.68 Å². The Balaban J connectivity index is 1.81. The molecule has 1 aliphatic heterocycles. The Kier molecular flexibility index (Phi) is 7.57. The lowest BCUT2D eigenvalue weighted by Crippen LogP contribution is -2.28. The number of hydrogen-bond acceptors (Lipinski definition) is 11. The lowest BCUT2D eigenvalue weighted by molar-refractivity contribution is 0.543. The predicted molar refractivity (Wildman–Crippen MR) is 164 cm³/mol. The van der Waals surface area contributed by atoms with E-state index in [-0.39, 0.29) is 38.8 Å². The molecule has 1 aliphatic rings. The summed E-state index contributed by atoms with van der Waals surface area (Å²) in [6.07, 6.45) is 4.71. The van der Waals surface area contributed by atoms with Crippen LogP contribution >= 0.6 is 0 Å². The summed E-state index contributed by atoms with van der Waals surface area (Å²) in [7, 11) is -4.15. The standard InChI is InChI=1S/C28H33N11O4S/c1-27(2,3)20-18(22(29)39(36-20)24-31-25(40)33-26(41)32-24)34-35-23-19(44(42,43)16-12-8-7-9-13-16)21(28(4,5)6)37-38(23)17-14-10-11-15-30-17/h7-9,11-13,15H,10,14,29H2,1-6H3,(H2,31,32,33,40,41). The SMILES string of the molecule is CC(C)(C)c1nn(-c2nc(=O)[nH]c(=O)[nH]2)c(N)c1N=Nc1c(S(=O)(=O)c2ccccc2)c(C(C)(C)C)nn1C1=NC=CCC1. The lowest BCUT2D eigenvalue weighted by atomic mass is 9.91.